The van der Waals surface area contributed by atoms with E-state index in [1.165, 1.54) is 12.8 Å². The van der Waals surface area contributed by atoms with Crippen LogP contribution in [0.15, 0.2) is 0 Å². The molecule has 0 bridgehead atoms. The van der Waals surface area contributed by atoms with Gasteiger partial charge in [0.15, 0.2) is 0 Å². The van der Waals surface area contributed by atoms with Gasteiger partial charge in [-0.3, -0.25) is 0 Å². The Labute approximate surface area is 96.7 Å². The maximum Gasteiger partial charge on any atom is 0.134 e. The highest BCUT2D eigenvalue weighted by Gasteiger charge is 2.28. The number of aromatic nitrogens is 2. The third-order valence-corrected chi connectivity index (χ3v) is 3.24. The molecule has 0 saturated heterocycles. The predicted molar refractivity (Wildman–Crippen MR) is 66.4 cm³/mol. The van der Waals surface area contributed by atoms with E-state index in [-0.39, 0.29) is 0 Å². The van der Waals surface area contributed by atoms with Gasteiger partial charge in [-0.2, -0.15) is 0 Å². The molecule has 1 unspecified atom stereocenters. The van der Waals surface area contributed by atoms with E-state index >= 15 is 0 Å². The quantitative estimate of drug-likeness (QED) is 0.816. The second-order valence-electron chi connectivity index (χ2n) is 4.62. The topological polar surface area (TPSA) is 63.8 Å². The molecule has 16 heavy (non-hydrogen) atoms. The molecular formula is C12H20N4. The lowest BCUT2D eigenvalue weighted by atomic mass is 10.2. The predicted octanol–water partition coefficient (Wildman–Crippen LogP) is 2.14. The van der Waals surface area contributed by atoms with E-state index in [4.69, 9.17) is 5.73 Å². The maximum atomic E-state index is 5.87. The van der Waals surface area contributed by atoms with Crippen molar-refractivity contribution >= 4 is 11.6 Å². The molecular weight excluding hydrogens is 200 g/mol. The smallest absolute Gasteiger partial charge is 0.134 e. The lowest BCUT2D eigenvalue weighted by molar-refractivity contribution is 0.688. The van der Waals surface area contributed by atoms with E-state index in [0.29, 0.717) is 11.9 Å². The molecule has 88 valence electrons. The monoisotopic (exact) mass is 220 g/mol. The molecule has 0 amide bonds. The average molecular weight is 220 g/mol. The van der Waals surface area contributed by atoms with Crippen molar-refractivity contribution in [3.63, 3.8) is 0 Å². The molecule has 0 spiro atoms. The number of nitrogen functional groups attached to an aromatic ring is 1. The average Bonchev–Trinajstić information content (AvgIpc) is 3.07. The largest absolute Gasteiger partial charge is 0.383 e. The third kappa shape index (κ3) is 2.26. The summed E-state index contributed by atoms with van der Waals surface area (Å²) in [5, 5.41) is 3.46. The van der Waals surface area contributed by atoms with Crippen LogP contribution < -0.4 is 11.1 Å². The normalized spacial score (nSPS) is 17.2. The summed E-state index contributed by atoms with van der Waals surface area (Å²) >= 11 is 0. The van der Waals surface area contributed by atoms with E-state index in [1.807, 2.05) is 13.8 Å². The highest BCUT2D eigenvalue weighted by molar-refractivity contribution is 5.55. The van der Waals surface area contributed by atoms with Crippen LogP contribution in [0, 0.1) is 12.8 Å². The van der Waals surface area contributed by atoms with Crippen LogP contribution in [-0.2, 0) is 6.42 Å². The molecule has 0 radical (unpaired) electrons. The molecule has 2 rings (SSSR count). The van der Waals surface area contributed by atoms with Crippen LogP contribution in [-0.4, -0.2) is 16.0 Å². The van der Waals surface area contributed by atoms with Crippen molar-refractivity contribution < 1.29 is 0 Å². The molecule has 1 aromatic rings. The van der Waals surface area contributed by atoms with E-state index in [0.717, 1.165) is 29.5 Å². The van der Waals surface area contributed by atoms with Gasteiger partial charge in [0.25, 0.3) is 0 Å². The summed E-state index contributed by atoms with van der Waals surface area (Å²) in [5.74, 6) is 3.12. The second kappa shape index (κ2) is 4.28. The van der Waals surface area contributed by atoms with Crippen LogP contribution in [0.4, 0.5) is 11.6 Å². The van der Waals surface area contributed by atoms with Gasteiger partial charge in [-0.25, -0.2) is 9.97 Å². The van der Waals surface area contributed by atoms with Gasteiger partial charge in [0.1, 0.15) is 17.5 Å². The fourth-order valence-electron chi connectivity index (χ4n) is 1.81. The van der Waals surface area contributed by atoms with E-state index < -0.39 is 0 Å². The Bertz CT molecular complexity index is 385. The first-order chi connectivity index (χ1) is 7.61. The number of anilines is 2. The minimum atomic E-state index is 0.484. The van der Waals surface area contributed by atoms with E-state index in [1.54, 1.807) is 0 Å². The summed E-state index contributed by atoms with van der Waals surface area (Å²) in [7, 11) is 0. The van der Waals surface area contributed by atoms with Crippen molar-refractivity contribution in [1.82, 2.24) is 9.97 Å². The molecule has 3 N–H and O–H groups in total. The van der Waals surface area contributed by atoms with Crippen LogP contribution in [0.1, 0.15) is 38.1 Å². The van der Waals surface area contributed by atoms with Crippen LogP contribution >= 0.6 is 0 Å². The Balaban J connectivity index is 2.20. The Morgan fingerprint density at radius 3 is 2.69 bits per heavy atom. The first kappa shape index (κ1) is 11.2. The zero-order chi connectivity index (χ0) is 11.7. The minimum absolute atomic E-state index is 0.484. The Kier molecular flexibility index (Phi) is 2.99. The lowest BCUT2D eigenvalue weighted by Gasteiger charge is -2.16. The van der Waals surface area contributed by atoms with Gasteiger partial charge in [0.05, 0.1) is 0 Å². The van der Waals surface area contributed by atoms with Crippen molar-refractivity contribution in [1.29, 1.82) is 0 Å². The molecule has 0 aliphatic heterocycles. The summed E-state index contributed by atoms with van der Waals surface area (Å²) in [4.78, 5) is 8.75. The number of nitrogens with one attached hydrogen (secondary N) is 1. The zero-order valence-corrected chi connectivity index (χ0v) is 10.2. The Morgan fingerprint density at radius 2 is 2.12 bits per heavy atom. The fraction of sp³-hybridized carbons (Fsp3) is 0.667. The molecule has 4 heteroatoms. The van der Waals surface area contributed by atoms with Crippen LogP contribution in [0.5, 0.6) is 0 Å². The van der Waals surface area contributed by atoms with Crippen LogP contribution in [0.2, 0.25) is 0 Å². The molecule has 1 aliphatic carbocycles. The molecule has 1 saturated carbocycles. The lowest BCUT2D eigenvalue weighted by Crippen LogP contribution is -2.20. The Hall–Kier alpha value is -1.32. The first-order valence-electron chi connectivity index (χ1n) is 6.01. The summed E-state index contributed by atoms with van der Waals surface area (Å²) in [6.45, 7) is 6.22. The zero-order valence-electron chi connectivity index (χ0n) is 10.2. The highest BCUT2D eigenvalue weighted by atomic mass is 15.1. The number of nitrogens with two attached hydrogens (primary N) is 1. The van der Waals surface area contributed by atoms with Gasteiger partial charge < -0.3 is 11.1 Å². The van der Waals surface area contributed by atoms with Gasteiger partial charge in [-0.15, -0.1) is 0 Å². The molecule has 1 aliphatic rings. The molecule has 4 nitrogen and oxygen atoms in total. The SMILES string of the molecule is CCc1nc(N)c(C)c(NC(C)C2CC2)n1. The number of aryl methyl sites for hydroxylation is 1. The highest BCUT2D eigenvalue weighted by Crippen LogP contribution is 2.34. The van der Waals surface area contributed by atoms with Gasteiger partial charge in [0.2, 0.25) is 0 Å². The number of hydrogen-bond donors (Lipinski definition) is 2. The van der Waals surface area contributed by atoms with Crippen molar-refractivity contribution in [2.45, 2.75) is 46.1 Å². The van der Waals surface area contributed by atoms with Crippen molar-refractivity contribution in [2.75, 3.05) is 11.1 Å². The van der Waals surface area contributed by atoms with Crippen LogP contribution in [0.25, 0.3) is 0 Å². The van der Waals surface area contributed by atoms with Gasteiger partial charge in [-0.1, -0.05) is 6.92 Å². The number of hydrogen-bond acceptors (Lipinski definition) is 4. The van der Waals surface area contributed by atoms with Crippen molar-refractivity contribution in [3.05, 3.63) is 11.4 Å². The molecule has 1 atom stereocenters. The van der Waals surface area contributed by atoms with Crippen LogP contribution in [0.3, 0.4) is 0 Å². The number of nitrogens with zero attached hydrogens (tertiary/aromatic N) is 2. The standard InChI is InChI=1S/C12H20N4/c1-4-10-15-11(13)7(2)12(16-10)14-8(3)9-5-6-9/h8-9H,4-6H2,1-3H3,(H3,13,14,15,16). The van der Waals surface area contributed by atoms with Crippen molar-refractivity contribution in [3.8, 4) is 0 Å². The van der Waals surface area contributed by atoms with Gasteiger partial charge in [-0.05, 0) is 32.6 Å². The van der Waals surface area contributed by atoms with Gasteiger partial charge >= 0.3 is 0 Å². The fourth-order valence-corrected chi connectivity index (χ4v) is 1.81. The summed E-state index contributed by atoms with van der Waals surface area (Å²) in [6, 6.07) is 0.484. The molecule has 0 aromatic carbocycles. The summed E-state index contributed by atoms with van der Waals surface area (Å²) in [5.41, 5.74) is 6.84. The molecule has 1 heterocycles. The summed E-state index contributed by atoms with van der Waals surface area (Å²) in [6.07, 6.45) is 3.47. The number of rotatable bonds is 4. The van der Waals surface area contributed by atoms with Crippen molar-refractivity contribution in [2.24, 2.45) is 5.92 Å². The Morgan fingerprint density at radius 1 is 1.44 bits per heavy atom. The van der Waals surface area contributed by atoms with Gasteiger partial charge in [0, 0.05) is 18.0 Å². The maximum absolute atomic E-state index is 5.87. The minimum Gasteiger partial charge on any atom is -0.383 e. The first-order valence-corrected chi connectivity index (χ1v) is 6.01. The second-order valence-corrected chi connectivity index (χ2v) is 4.62. The summed E-state index contributed by atoms with van der Waals surface area (Å²) < 4.78 is 0. The van der Waals surface area contributed by atoms with E-state index in [2.05, 4.69) is 22.2 Å². The van der Waals surface area contributed by atoms with E-state index in [9.17, 15) is 0 Å². The third-order valence-electron chi connectivity index (χ3n) is 3.24. The molecule has 1 fully saturated rings. The molecule has 1 aromatic heterocycles.